The van der Waals surface area contributed by atoms with Crippen molar-refractivity contribution in [3.8, 4) is 11.5 Å². The zero-order chi connectivity index (χ0) is 31.4. The predicted octanol–water partition coefficient (Wildman–Crippen LogP) is 4.90. The molecule has 1 amide bonds. The summed E-state index contributed by atoms with van der Waals surface area (Å²) >= 11 is 0. The second kappa shape index (κ2) is 12.6. The number of fused-ring (bicyclic) bond motifs is 1. The van der Waals surface area contributed by atoms with E-state index in [1.807, 2.05) is 36.7 Å². The summed E-state index contributed by atoms with van der Waals surface area (Å²) in [5.41, 5.74) is 5.25. The van der Waals surface area contributed by atoms with E-state index in [-0.39, 0.29) is 18.1 Å². The summed E-state index contributed by atoms with van der Waals surface area (Å²) in [7, 11) is 1.86. The first-order valence-electron chi connectivity index (χ1n) is 13.6. The Morgan fingerprint density at radius 3 is 2.39 bits per heavy atom. The molecule has 0 bridgehead atoms. The van der Waals surface area contributed by atoms with E-state index in [0.717, 1.165) is 22.5 Å². The van der Waals surface area contributed by atoms with Crippen LogP contribution in [0.4, 0.5) is 29.1 Å². The highest BCUT2D eigenvalue weighted by Crippen LogP contribution is 2.27. The van der Waals surface area contributed by atoms with E-state index in [1.165, 1.54) is 6.26 Å². The molecule has 44 heavy (non-hydrogen) atoms. The number of carbonyl (C=O) groups excluding carboxylic acids is 1. The van der Waals surface area contributed by atoms with Gasteiger partial charge in [0.15, 0.2) is 9.84 Å². The number of ether oxygens (including phenoxy) is 2. The third-order valence-electron chi connectivity index (χ3n) is 6.84. The molecule has 0 saturated carbocycles. The highest BCUT2D eigenvalue weighted by atomic mass is 32.2. The fourth-order valence-corrected chi connectivity index (χ4v) is 5.43. The van der Waals surface area contributed by atoms with E-state index in [1.54, 1.807) is 62.9 Å². The van der Waals surface area contributed by atoms with Crippen molar-refractivity contribution in [2.45, 2.75) is 19.1 Å². The van der Waals surface area contributed by atoms with Gasteiger partial charge >= 0.3 is 0 Å². The fraction of sp³-hybridized carbons (Fsp3) is 0.226. The Morgan fingerprint density at radius 2 is 1.68 bits per heavy atom. The van der Waals surface area contributed by atoms with Crippen LogP contribution in [-0.4, -0.2) is 54.3 Å². The lowest BCUT2D eigenvalue weighted by Gasteiger charge is -2.11. The molecular weight excluding hydrogens is 582 g/mol. The predicted molar refractivity (Wildman–Crippen MR) is 171 cm³/mol. The lowest BCUT2D eigenvalue weighted by molar-refractivity contribution is -0.115. The number of aryl methyl sites for hydroxylation is 2. The number of hydrogen-bond acceptors (Lipinski definition) is 10. The van der Waals surface area contributed by atoms with Crippen LogP contribution in [0.25, 0.3) is 11.0 Å². The van der Waals surface area contributed by atoms with E-state index in [9.17, 15) is 13.2 Å². The van der Waals surface area contributed by atoms with Gasteiger partial charge in [-0.05, 0) is 61.0 Å². The molecule has 0 aliphatic heterocycles. The number of amides is 1. The molecule has 12 nitrogen and oxygen atoms in total. The molecule has 2 aromatic heterocycles. The largest absolute Gasteiger partial charge is 0.497 e. The second-order valence-electron chi connectivity index (χ2n) is 10.3. The molecule has 5 rings (SSSR count). The van der Waals surface area contributed by atoms with Gasteiger partial charge in [0.2, 0.25) is 17.8 Å². The molecule has 5 aromatic rings. The molecule has 13 heteroatoms. The molecule has 0 fully saturated rings. The third kappa shape index (κ3) is 7.24. The van der Waals surface area contributed by atoms with Gasteiger partial charge in [0.1, 0.15) is 17.3 Å². The number of imidazole rings is 1. The van der Waals surface area contributed by atoms with Crippen LogP contribution in [0.15, 0.2) is 66.9 Å². The van der Waals surface area contributed by atoms with Crippen LogP contribution in [0.3, 0.4) is 0 Å². The zero-order valence-corrected chi connectivity index (χ0v) is 25.8. The maximum absolute atomic E-state index is 12.9. The maximum Gasteiger partial charge on any atom is 0.231 e. The Kier molecular flexibility index (Phi) is 8.67. The summed E-state index contributed by atoms with van der Waals surface area (Å²) in [5, 5.41) is 9.38. The van der Waals surface area contributed by atoms with Crippen molar-refractivity contribution in [2.75, 3.05) is 36.4 Å². The van der Waals surface area contributed by atoms with Crippen LogP contribution >= 0.6 is 0 Å². The molecule has 0 spiro atoms. The number of hydrogen-bond donors (Lipinski definition) is 3. The minimum Gasteiger partial charge on any atom is -0.497 e. The highest BCUT2D eigenvalue weighted by Gasteiger charge is 2.15. The Labute approximate surface area is 255 Å². The van der Waals surface area contributed by atoms with Crippen LogP contribution in [0.5, 0.6) is 11.5 Å². The summed E-state index contributed by atoms with van der Waals surface area (Å²) in [6.07, 6.45) is 3.00. The highest BCUT2D eigenvalue weighted by molar-refractivity contribution is 7.89. The van der Waals surface area contributed by atoms with E-state index in [0.29, 0.717) is 45.9 Å². The molecule has 0 saturated heterocycles. The molecule has 0 unspecified atom stereocenters. The molecular formula is C31H33N7O5S. The summed E-state index contributed by atoms with van der Waals surface area (Å²) in [6.45, 7) is 1.90. The first-order chi connectivity index (χ1) is 21.0. The molecule has 0 radical (unpaired) electrons. The smallest absolute Gasteiger partial charge is 0.231 e. The van der Waals surface area contributed by atoms with Gasteiger partial charge in [-0.2, -0.15) is 4.98 Å². The van der Waals surface area contributed by atoms with Crippen molar-refractivity contribution in [2.24, 2.45) is 7.05 Å². The van der Waals surface area contributed by atoms with Crippen molar-refractivity contribution in [3.63, 3.8) is 0 Å². The average molecular weight is 616 g/mol. The van der Waals surface area contributed by atoms with Crippen LogP contribution in [0.2, 0.25) is 0 Å². The quantitative estimate of drug-likeness (QED) is 0.187. The Hall–Kier alpha value is -5.17. The minimum absolute atomic E-state index is 0.0184. The van der Waals surface area contributed by atoms with Gasteiger partial charge in [-0.15, -0.1) is 0 Å². The molecule has 3 N–H and O–H groups in total. The number of nitrogens with one attached hydrogen (secondary N) is 3. The van der Waals surface area contributed by atoms with E-state index >= 15 is 0 Å². The van der Waals surface area contributed by atoms with Crippen molar-refractivity contribution in [1.29, 1.82) is 0 Å². The molecule has 0 aliphatic carbocycles. The number of rotatable bonds is 11. The number of sulfone groups is 1. The van der Waals surface area contributed by atoms with Gasteiger partial charge in [0.05, 0.1) is 37.4 Å². The summed E-state index contributed by atoms with van der Waals surface area (Å²) in [4.78, 5) is 26.6. The molecule has 228 valence electrons. The van der Waals surface area contributed by atoms with Gasteiger partial charge < -0.3 is 24.7 Å². The molecule has 3 aromatic carbocycles. The van der Waals surface area contributed by atoms with Gasteiger partial charge in [-0.25, -0.2) is 18.4 Å². The standard InChI is InChI=1S/C31H33N7O5S/c1-19-17-32-30(34-22-8-6-20(7-9-22)18-44(5,40)41)37-29(19)33-23-10-12-26-25(16-23)35-31(38(26)2)36-28(39)15-21-14-24(42-3)11-13-27(21)43-4/h6-14,16-17H,15,18H2,1-5H3,(H,35,36,39)(H2,32,33,34,37). The lowest BCUT2D eigenvalue weighted by atomic mass is 10.1. The molecule has 0 aliphatic rings. The summed E-state index contributed by atoms with van der Waals surface area (Å²) in [5.74, 6) is 2.38. The van der Waals surface area contributed by atoms with Gasteiger partial charge in [-0.1, -0.05) is 12.1 Å². The topological polar surface area (TPSA) is 149 Å². The number of benzene rings is 3. The van der Waals surface area contributed by atoms with E-state index < -0.39 is 9.84 Å². The maximum atomic E-state index is 12.9. The first-order valence-corrected chi connectivity index (χ1v) is 15.7. The number of aromatic nitrogens is 4. The Bertz CT molecular complexity index is 1940. The van der Waals surface area contributed by atoms with E-state index in [2.05, 4.69) is 30.9 Å². The summed E-state index contributed by atoms with van der Waals surface area (Å²) in [6, 6.07) is 18.1. The van der Waals surface area contributed by atoms with Crippen molar-refractivity contribution >= 4 is 55.9 Å². The van der Waals surface area contributed by atoms with Crippen LogP contribution in [-0.2, 0) is 33.9 Å². The van der Waals surface area contributed by atoms with Gasteiger partial charge in [-0.3, -0.25) is 10.1 Å². The SMILES string of the molecule is COc1ccc(OC)c(CC(=O)Nc2nc3cc(Nc4nc(Nc5ccc(CS(C)(=O)=O)cc5)ncc4C)ccc3n2C)c1. The van der Waals surface area contributed by atoms with Crippen LogP contribution in [0, 0.1) is 6.92 Å². The number of carbonyl (C=O) groups is 1. The Morgan fingerprint density at radius 1 is 0.932 bits per heavy atom. The lowest BCUT2D eigenvalue weighted by Crippen LogP contribution is -2.17. The fourth-order valence-electron chi connectivity index (χ4n) is 4.63. The summed E-state index contributed by atoms with van der Waals surface area (Å²) < 4.78 is 35.6. The number of nitrogens with zero attached hydrogens (tertiary/aromatic N) is 4. The van der Waals surface area contributed by atoms with Crippen LogP contribution in [0.1, 0.15) is 16.7 Å². The Balaban J connectivity index is 1.29. The van der Waals surface area contributed by atoms with Crippen molar-refractivity contribution in [3.05, 3.63) is 83.6 Å². The van der Waals surface area contributed by atoms with Crippen molar-refractivity contribution in [1.82, 2.24) is 19.5 Å². The number of methoxy groups -OCH3 is 2. The average Bonchev–Trinajstić information content (AvgIpc) is 3.28. The van der Waals surface area contributed by atoms with Crippen LogP contribution < -0.4 is 25.4 Å². The molecule has 0 atom stereocenters. The van der Waals surface area contributed by atoms with Gasteiger partial charge in [0.25, 0.3) is 0 Å². The monoisotopic (exact) mass is 615 g/mol. The third-order valence-corrected chi connectivity index (χ3v) is 7.70. The van der Waals surface area contributed by atoms with Crippen molar-refractivity contribution < 1.29 is 22.7 Å². The van der Waals surface area contributed by atoms with Gasteiger partial charge in [0, 0.05) is 42.0 Å². The normalized spacial score (nSPS) is 11.3. The van der Waals surface area contributed by atoms with E-state index in [4.69, 9.17) is 9.47 Å². The molecule has 2 heterocycles. The second-order valence-corrected chi connectivity index (χ2v) is 12.5. The minimum atomic E-state index is -3.11. The number of anilines is 5. The zero-order valence-electron chi connectivity index (χ0n) is 25.0. The first kappa shape index (κ1) is 30.3.